The zero-order valence-electron chi connectivity index (χ0n) is 6.96. The lowest BCUT2D eigenvalue weighted by molar-refractivity contribution is -0.119. The highest BCUT2D eigenvalue weighted by Crippen LogP contribution is 2.16. The Morgan fingerprint density at radius 3 is 2.45 bits per heavy atom. The molecule has 2 atom stereocenters. The van der Waals surface area contributed by atoms with Crippen molar-refractivity contribution in [3.05, 3.63) is 0 Å². The average Bonchev–Trinajstić information content (AvgIpc) is 1.98. The van der Waals surface area contributed by atoms with Crippen LogP contribution in [0.4, 0.5) is 0 Å². The fourth-order valence-corrected chi connectivity index (χ4v) is 1.03. The van der Waals surface area contributed by atoms with Gasteiger partial charge in [-0.3, -0.25) is 9.59 Å². The minimum atomic E-state index is -0.348. The van der Waals surface area contributed by atoms with Crippen molar-refractivity contribution >= 4 is 12.2 Å². The lowest BCUT2D eigenvalue weighted by Crippen LogP contribution is -2.21. The first-order valence-electron chi connectivity index (χ1n) is 3.77. The monoisotopic (exact) mass is 156 g/mol. The van der Waals surface area contributed by atoms with Gasteiger partial charge in [0.2, 0.25) is 12.2 Å². The molecule has 0 aromatic rings. The molecule has 0 fully saturated rings. The molecule has 0 aromatic carbocycles. The molecule has 0 rings (SSSR count). The number of hydrogen-bond donors (Lipinski definition) is 1. The van der Waals surface area contributed by atoms with E-state index in [1.165, 1.54) is 0 Å². The van der Waals surface area contributed by atoms with Crippen molar-refractivity contribution in [3.8, 4) is 0 Å². The summed E-state index contributed by atoms with van der Waals surface area (Å²) >= 11 is 0. The third-order valence-corrected chi connectivity index (χ3v) is 1.88. The highest BCUT2D eigenvalue weighted by Gasteiger charge is 2.17. The van der Waals surface area contributed by atoms with E-state index in [1.807, 2.05) is 13.2 Å². The Morgan fingerprint density at radius 1 is 1.64 bits per heavy atom. The van der Waals surface area contributed by atoms with Crippen LogP contribution in [-0.4, -0.2) is 12.2 Å². The standard InChI is InChI=1S/C8H14NO2/c1-3-7(4-8(9)11)6(2)5-10/h6-7H,3-4H2,1-2H3,(H2,9,11). The molecule has 0 bridgehead atoms. The molecule has 1 radical (unpaired) electrons. The van der Waals surface area contributed by atoms with Crippen molar-refractivity contribution in [2.75, 3.05) is 0 Å². The van der Waals surface area contributed by atoms with Crippen LogP contribution in [0.5, 0.6) is 0 Å². The summed E-state index contributed by atoms with van der Waals surface area (Å²) in [5, 5.41) is 0. The highest BCUT2D eigenvalue weighted by atomic mass is 16.1. The molecular weight excluding hydrogens is 142 g/mol. The van der Waals surface area contributed by atoms with Crippen LogP contribution in [-0.2, 0) is 9.59 Å². The molecule has 0 aromatic heterocycles. The van der Waals surface area contributed by atoms with Crippen molar-refractivity contribution in [1.82, 2.24) is 0 Å². The molecule has 0 aliphatic heterocycles. The van der Waals surface area contributed by atoms with E-state index in [0.29, 0.717) is 0 Å². The lowest BCUT2D eigenvalue weighted by Gasteiger charge is -2.14. The number of nitrogens with two attached hydrogens (primary N) is 1. The molecule has 1 amide bonds. The van der Waals surface area contributed by atoms with E-state index in [4.69, 9.17) is 5.73 Å². The van der Waals surface area contributed by atoms with Crippen molar-refractivity contribution in [2.24, 2.45) is 17.6 Å². The largest absolute Gasteiger partial charge is 0.370 e. The van der Waals surface area contributed by atoms with Crippen LogP contribution in [0.2, 0.25) is 0 Å². The Balaban J connectivity index is 3.93. The third-order valence-electron chi connectivity index (χ3n) is 1.88. The molecule has 63 valence electrons. The molecule has 0 heterocycles. The minimum Gasteiger partial charge on any atom is -0.370 e. The number of rotatable bonds is 5. The fourth-order valence-electron chi connectivity index (χ4n) is 1.03. The summed E-state index contributed by atoms with van der Waals surface area (Å²) in [5.74, 6) is -0.476. The summed E-state index contributed by atoms with van der Waals surface area (Å²) in [4.78, 5) is 20.7. The summed E-state index contributed by atoms with van der Waals surface area (Å²) in [5.41, 5.74) is 4.99. The van der Waals surface area contributed by atoms with Gasteiger partial charge >= 0.3 is 0 Å². The van der Waals surface area contributed by atoms with Crippen molar-refractivity contribution < 1.29 is 9.59 Å². The molecule has 0 aliphatic rings. The van der Waals surface area contributed by atoms with Gasteiger partial charge < -0.3 is 5.73 Å². The van der Waals surface area contributed by atoms with Gasteiger partial charge in [0.25, 0.3) is 0 Å². The van der Waals surface area contributed by atoms with E-state index in [-0.39, 0.29) is 24.2 Å². The van der Waals surface area contributed by atoms with Crippen LogP contribution in [0.15, 0.2) is 0 Å². The molecule has 3 nitrogen and oxygen atoms in total. The van der Waals surface area contributed by atoms with E-state index in [9.17, 15) is 9.59 Å². The fraction of sp³-hybridized carbons (Fsp3) is 0.750. The van der Waals surface area contributed by atoms with Crippen molar-refractivity contribution in [3.63, 3.8) is 0 Å². The van der Waals surface area contributed by atoms with Gasteiger partial charge in [0.1, 0.15) is 0 Å². The Morgan fingerprint density at radius 2 is 2.18 bits per heavy atom. The molecule has 0 saturated heterocycles. The zero-order chi connectivity index (χ0) is 8.85. The van der Waals surface area contributed by atoms with Crippen LogP contribution in [0.3, 0.4) is 0 Å². The third kappa shape index (κ3) is 3.75. The van der Waals surface area contributed by atoms with E-state index in [2.05, 4.69) is 0 Å². The van der Waals surface area contributed by atoms with E-state index in [0.717, 1.165) is 6.42 Å². The van der Waals surface area contributed by atoms with Gasteiger partial charge in [-0.2, -0.15) is 0 Å². The van der Waals surface area contributed by atoms with Gasteiger partial charge in [-0.15, -0.1) is 0 Å². The number of primary amides is 1. The Kier molecular flexibility index (Phi) is 4.50. The number of carbonyl (C=O) groups is 1. The zero-order valence-corrected chi connectivity index (χ0v) is 6.96. The van der Waals surface area contributed by atoms with Crippen LogP contribution >= 0.6 is 0 Å². The topological polar surface area (TPSA) is 60.2 Å². The van der Waals surface area contributed by atoms with Crippen molar-refractivity contribution in [2.45, 2.75) is 26.7 Å². The van der Waals surface area contributed by atoms with Crippen LogP contribution in [0, 0.1) is 11.8 Å². The van der Waals surface area contributed by atoms with Crippen LogP contribution in [0.1, 0.15) is 26.7 Å². The molecule has 11 heavy (non-hydrogen) atoms. The predicted octanol–water partition coefficient (Wildman–Crippen LogP) is 0.634. The summed E-state index contributed by atoms with van der Waals surface area (Å²) in [6.45, 7) is 3.69. The lowest BCUT2D eigenvalue weighted by atomic mass is 9.90. The Bertz CT molecular complexity index is 145. The maximum atomic E-state index is 10.5. The second-order valence-electron chi connectivity index (χ2n) is 2.75. The average molecular weight is 156 g/mol. The van der Waals surface area contributed by atoms with Crippen LogP contribution < -0.4 is 5.73 Å². The van der Waals surface area contributed by atoms with Gasteiger partial charge in [-0.1, -0.05) is 20.3 Å². The smallest absolute Gasteiger partial charge is 0.217 e. The summed E-state index contributed by atoms with van der Waals surface area (Å²) in [6.07, 6.45) is 2.94. The van der Waals surface area contributed by atoms with Crippen molar-refractivity contribution in [1.29, 1.82) is 0 Å². The van der Waals surface area contributed by atoms with Gasteiger partial charge in [0.15, 0.2) is 0 Å². The second kappa shape index (κ2) is 4.88. The second-order valence-corrected chi connectivity index (χ2v) is 2.75. The Labute approximate surface area is 67.0 Å². The number of hydrogen-bond acceptors (Lipinski definition) is 2. The minimum absolute atomic E-state index is 0.0602. The summed E-state index contributed by atoms with van der Waals surface area (Å²) < 4.78 is 0. The Hall–Kier alpha value is -0.860. The van der Waals surface area contributed by atoms with Gasteiger partial charge in [-0.25, -0.2) is 0 Å². The molecule has 0 saturated carbocycles. The molecule has 2 N–H and O–H groups in total. The molecular formula is C8H14NO2. The van der Waals surface area contributed by atoms with Crippen LogP contribution in [0.25, 0.3) is 0 Å². The molecule has 2 unspecified atom stereocenters. The van der Waals surface area contributed by atoms with E-state index < -0.39 is 0 Å². The van der Waals surface area contributed by atoms with E-state index in [1.54, 1.807) is 6.92 Å². The first-order valence-corrected chi connectivity index (χ1v) is 3.77. The first kappa shape index (κ1) is 10.1. The van der Waals surface area contributed by atoms with Gasteiger partial charge in [0.05, 0.1) is 0 Å². The number of amides is 1. The molecule has 3 heteroatoms. The SMILES string of the molecule is CCC(CC(N)=O)C(C)[C]=O. The number of carbonyl (C=O) groups excluding carboxylic acids is 2. The summed E-state index contributed by atoms with van der Waals surface area (Å²) in [6, 6.07) is 0. The molecule has 0 spiro atoms. The quantitative estimate of drug-likeness (QED) is 0.634. The summed E-state index contributed by atoms with van der Waals surface area (Å²) in [7, 11) is 0. The predicted molar refractivity (Wildman–Crippen MR) is 42.4 cm³/mol. The van der Waals surface area contributed by atoms with Gasteiger partial charge in [0, 0.05) is 12.3 Å². The first-order chi connectivity index (χ1) is 5.11. The normalized spacial score (nSPS) is 15.5. The highest BCUT2D eigenvalue weighted by molar-refractivity contribution is 5.74. The van der Waals surface area contributed by atoms with E-state index >= 15 is 0 Å². The maximum absolute atomic E-state index is 10.5. The molecule has 0 aliphatic carbocycles. The maximum Gasteiger partial charge on any atom is 0.217 e. The van der Waals surface area contributed by atoms with Gasteiger partial charge in [-0.05, 0) is 5.92 Å².